The molecule has 1 amide bonds. The summed E-state index contributed by atoms with van der Waals surface area (Å²) in [6.07, 6.45) is 4.75. The third kappa shape index (κ3) is 3.88. The highest BCUT2D eigenvalue weighted by Crippen LogP contribution is 2.37. The van der Waals surface area contributed by atoms with Crippen molar-refractivity contribution in [3.63, 3.8) is 0 Å². The van der Waals surface area contributed by atoms with Crippen LogP contribution >= 0.6 is 0 Å². The van der Waals surface area contributed by atoms with Crippen LogP contribution in [0.1, 0.15) is 16.7 Å². The number of benzene rings is 2. The van der Waals surface area contributed by atoms with Crippen LogP contribution < -0.4 is 9.80 Å². The topological polar surface area (TPSA) is 105 Å². The number of aliphatic imine (C=N–C) groups is 1. The van der Waals surface area contributed by atoms with Crippen LogP contribution in [0, 0.1) is 0 Å². The van der Waals surface area contributed by atoms with E-state index in [9.17, 15) is 13.2 Å². The van der Waals surface area contributed by atoms with Crippen molar-refractivity contribution in [3.05, 3.63) is 65.4 Å². The van der Waals surface area contributed by atoms with Crippen molar-refractivity contribution < 1.29 is 17.9 Å². The first-order valence-corrected chi connectivity index (χ1v) is 13.2. The predicted molar refractivity (Wildman–Crippen MR) is 131 cm³/mol. The van der Waals surface area contributed by atoms with E-state index in [4.69, 9.17) is 9.72 Å². The zero-order chi connectivity index (χ0) is 24.2. The number of carbonyl (C=O) groups is 1. The molecule has 178 valence electrons. The number of hydrogen-bond donors (Lipinski definition) is 0. The van der Waals surface area contributed by atoms with E-state index in [1.165, 1.54) is 6.26 Å². The maximum Gasteiger partial charge on any atom is 0.252 e. The Labute approximate surface area is 203 Å². The van der Waals surface area contributed by atoms with E-state index in [0.717, 1.165) is 22.3 Å². The molecule has 6 rings (SSSR count). The molecule has 3 aliphatic rings. The highest BCUT2D eigenvalue weighted by Gasteiger charge is 2.41. The van der Waals surface area contributed by atoms with Gasteiger partial charge in [-0.15, -0.1) is 0 Å². The number of morpholine rings is 1. The van der Waals surface area contributed by atoms with Crippen LogP contribution in [-0.4, -0.2) is 62.6 Å². The number of aromatic nitrogens is 2. The molecule has 0 saturated carbocycles. The SMILES string of the molecule is CS(=O)(=O)c1ccc(CN2C(=O)C3COCCN3c3nc(-c4ccc5c(c4)CN=C5)ncc32)cc1. The van der Waals surface area contributed by atoms with E-state index in [-0.39, 0.29) is 24.0 Å². The molecule has 9 nitrogen and oxygen atoms in total. The van der Waals surface area contributed by atoms with Crippen molar-refractivity contribution >= 4 is 33.5 Å². The number of carbonyl (C=O) groups excluding carboxylic acids is 1. The van der Waals surface area contributed by atoms with Crippen LogP contribution in [0.5, 0.6) is 0 Å². The van der Waals surface area contributed by atoms with Crippen LogP contribution in [0.4, 0.5) is 11.5 Å². The molecule has 1 saturated heterocycles. The fourth-order valence-electron chi connectivity index (χ4n) is 4.71. The zero-order valence-corrected chi connectivity index (χ0v) is 19.9. The molecule has 1 atom stereocenters. The first-order chi connectivity index (χ1) is 16.9. The minimum Gasteiger partial charge on any atom is -0.377 e. The number of nitrogens with zero attached hydrogens (tertiary/aromatic N) is 5. The van der Waals surface area contributed by atoms with E-state index < -0.39 is 15.9 Å². The summed E-state index contributed by atoms with van der Waals surface area (Å²) in [5.41, 5.74) is 4.60. The fraction of sp³-hybridized carbons (Fsp3) is 0.280. The van der Waals surface area contributed by atoms with Crippen molar-refractivity contribution in [2.45, 2.75) is 24.0 Å². The molecule has 1 aromatic heterocycles. The van der Waals surface area contributed by atoms with Crippen LogP contribution in [0.3, 0.4) is 0 Å². The Morgan fingerprint density at radius 2 is 1.97 bits per heavy atom. The Morgan fingerprint density at radius 1 is 1.14 bits per heavy atom. The average Bonchev–Trinajstić information content (AvgIpc) is 3.34. The summed E-state index contributed by atoms with van der Waals surface area (Å²) in [4.78, 5) is 31.2. The lowest BCUT2D eigenvalue weighted by atomic mass is 10.0. The summed E-state index contributed by atoms with van der Waals surface area (Å²) in [5.74, 6) is 1.21. The van der Waals surface area contributed by atoms with E-state index in [1.807, 2.05) is 23.2 Å². The molecule has 0 N–H and O–H groups in total. The summed E-state index contributed by atoms with van der Waals surface area (Å²) in [6.45, 7) is 2.30. The van der Waals surface area contributed by atoms with Gasteiger partial charge in [0.1, 0.15) is 11.7 Å². The zero-order valence-electron chi connectivity index (χ0n) is 19.1. The summed E-state index contributed by atoms with van der Waals surface area (Å²) in [6, 6.07) is 12.2. The Morgan fingerprint density at radius 3 is 2.77 bits per heavy atom. The van der Waals surface area contributed by atoms with Gasteiger partial charge >= 0.3 is 0 Å². The average molecular weight is 490 g/mol. The Kier molecular flexibility index (Phi) is 5.15. The first kappa shape index (κ1) is 21.9. The lowest BCUT2D eigenvalue weighted by Gasteiger charge is -2.44. The molecule has 35 heavy (non-hydrogen) atoms. The second-order valence-electron chi connectivity index (χ2n) is 8.91. The van der Waals surface area contributed by atoms with E-state index in [2.05, 4.69) is 16.0 Å². The van der Waals surface area contributed by atoms with E-state index in [1.54, 1.807) is 35.4 Å². The van der Waals surface area contributed by atoms with Crippen molar-refractivity contribution in [1.82, 2.24) is 9.97 Å². The number of ether oxygens (including phenoxy) is 1. The summed E-state index contributed by atoms with van der Waals surface area (Å²) >= 11 is 0. The van der Waals surface area contributed by atoms with Gasteiger partial charge in [0.2, 0.25) is 0 Å². The molecule has 2 aromatic carbocycles. The third-order valence-electron chi connectivity index (χ3n) is 6.58. The van der Waals surface area contributed by atoms with Gasteiger partial charge in [0.15, 0.2) is 21.5 Å². The highest BCUT2D eigenvalue weighted by atomic mass is 32.2. The largest absolute Gasteiger partial charge is 0.377 e. The molecule has 0 bridgehead atoms. The van der Waals surface area contributed by atoms with Gasteiger partial charge in [0.25, 0.3) is 5.91 Å². The Bertz CT molecular complexity index is 1470. The van der Waals surface area contributed by atoms with Gasteiger partial charge < -0.3 is 14.5 Å². The number of fused-ring (bicyclic) bond motifs is 4. The summed E-state index contributed by atoms with van der Waals surface area (Å²) in [5, 5.41) is 0. The van der Waals surface area contributed by atoms with Gasteiger partial charge in [-0.25, -0.2) is 18.4 Å². The molecular weight excluding hydrogens is 466 g/mol. The first-order valence-electron chi connectivity index (χ1n) is 11.3. The lowest BCUT2D eigenvalue weighted by Crippen LogP contribution is -2.58. The Hall–Kier alpha value is -3.63. The quantitative estimate of drug-likeness (QED) is 0.553. The van der Waals surface area contributed by atoms with Gasteiger partial charge in [0.05, 0.1) is 37.4 Å². The molecule has 1 unspecified atom stereocenters. The molecule has 10 heteroatoms. The van der Waals surface area contributed by atoms with Crippen LogP contribution in [0.15, 0.2) is 58.5 Å². The molecule has 4 heterocycles. The van der Waals surface area contributed by atoms with Gasteiger partial charge in [-0.3, -0.25) is 9.79 Å². The van der Waals surface area contributed by atoms with Crippen LogP contribution in [-0.2, 0) is 32.5 Å². The molecule has 0 spiro atoms. The lowest BCUT2D eigenvalue weighted by molar-refractivity contribution is -0.122. The number of hydrogen-bond acceptors (Lipinski definition) is 8. The number of amides is 1. The maximum absolute atomic E-state index is 13.5. The molecule has 0 radical (unpaired) electrons. The Balaban J connectivity index is 1.38. The van der Waals surface area contributed by atoms with Crippen molar-refractivity contribution in [2.75, 3.05) is 35.8 Å². The third-order valence-corrected chi connectivity index (χ3v) is 7.71. The number of anilines is 2. The van der Waals surface area contributed by atoms with Crippen molar-refractivity contribution in [2.24, 2.45) is 4.99 Å². The normalized spacial score (nSPS) is 18.9. The summed E-state index contributed by atoms with van der Waals surface area (Å²) < 4.78 is 29.3. The maximum atomic E-state index is 13.5. The molecule has 3 aromatic rings. The molecule has 1 fully saturated rings. The van der Waals surface area contributed by atoms with Crippen LogP contribution in [0.25, 0.3) is 11.4 Å². The second-order valence-corrected chi connectivity index (χ2v) is 10.9. The molecular formula is C25H23N5O4S. The number of sulfone groups is 1. The predicted octanol–water partition coefficient (Wildman–Crippen LogP) is 2.23. The minimum atomic E-state index is -3.29. The standard InChI is InChI=1S/C25H23N5O4S/c1-35(32,33)20-6-2-16(3-7-20)14-30-21-13-27-23(17-4-5-18-11-26-12-19(18)10-17)28-24(21)29-8-9-34-15-22(29)25(30)31/h2-7,10-11,13,22H,8-9,12,14-15H2,1H3. The van der Waals surface area contributed by atoms with Crippen molar-refractivity contribution in [3.8, 4) is 11.4 Å². The molecule has 0 aliphatic carbocycles. The number of rotatable bonds is 4. The van der Waals surface area contributed by atoms with Gasteiger partial charge in [-0.05, 0) is 34.9 Å². The molecule has 3 aliphatic heterocycles. The van der Waals surface area contributed by atoms with Crippen molar-refractivity contribution in [1.29, 1.82) is 0 Å². The minimum absolute atomic E-state index is 0.0876. The van der Waals surface area contributed by atoms with Gasteiger partial charge in [-0.2, -0.15) is 0 Å². The van der Waals surface area contributed by atoms with E-state index in [0.29, 0.717) is 37.0 Å². The second kappa shape index (κ2) is 8.24. The fourth-order valence-corrected chi connectivity index (χ4v) is 5.34. The van der Waals surface area contributed by atoms with Gasteiger partial charge in [0, 0.05) is 24.6 Å². The highest BCUT2D eigenvalue weighted by molar-refractivity contribution is 7.90. The monoisotopic (exact) mass is 489 g/mol. The summed E-state index contributed by atoms with van der Waals surface area (Å²) in [7, 11) is -3.29. The van der Waals surface area contributed by atoms with Crippen LogP contribution in [0.2, 0.25) is 0 Å². The van der Waals surface area contributed by atoms with E-state index >= 15 is 0 Å². The smallest absolute Gasteiger partial charge is 0.252 e. The van der Waals surface area contributed by atoms with Gasteiger partial charge in [-0.1, -0.05) is 24.3 Å².